The summed E-state index contributed by atoms with van der Waals surface area (Å²) in [6, 6.07) is 7.53. The van der Waals surface area contributed by atoms with Crippen molar-refractivity contribution in [2.75, 3.05) is 18.5 Å². The highest BCUT2D eigenvalue weighted by atomic mass is 79.9. The van der Waals surface area contributed by atoms with Gasteiger partial charge in [0.15, 0.2) is 0 Å². The predicted octanol–water partition coefficient (Wildman–Crippen LogP) is 2.54. The Morgan fingerprint density at radius 3 is 2.74 bits per heavy atom. The van der Waals surface area contributed by atoms with E-state index < -0.39 is 0 Å². The fourth-order valence-electron chi connectivity index (χ4n) is 2.09. The molecule has 1 amide bonds. The maximum absolute atomic E-state index is 11.9. The Kier molecular flexibility index (Phi) is 4.60. The maximum Gasteiger partial charge on any atom is 0.238 e. The molecule has 0 aromatic heterocycles. The van der Waals surface area contributed by atoms with Crippen LogP contribution in [0.4, 0.5) is 5.69 Å². The number of anilines is 1. The number of nitrogens with one attached hydrogen (secondary N) is 2. The SMILES string of the molecule is C[C@@H]1OCC[C@@]1(C)NCC(=O)Nc1ccc(Br)cc1. The van der Waals surface area contributed by atoms with Gasteiger partial charge in [0.2, 0.25) is 5.91 Å². The molecular weight excluding hydrogens is 308 g/mol. The lowest BCUT2D eigenvalue weighted by Gasteiger charge is -2.28. The van der Waals surface area contributed by atoms with Gasteiger partial charge < -0.3 is 15.4 Å². The molecule has 0 aliphatic carbocycles. The lowest BCUT2D eigenvalue weighted by atomic mass is 9.95. The number of carbonyl (C=O) groups is 1. The second-order valence-electron chi connectivity index (χ2n) is 5.09. The van der Waals surface area contributed by atoms with Crippen LogP contribution in [0.15, 0.2) is 28.7 Å². The number of hydrogen-bond acceptors (Lipinski definition) is 3. The third kappa shape index (κ3) is 3.78. The van der Waals surface area contributed by atoms with Gasteiger partial charge in [0.05, 0.1) is 12.6 Å². The lowest BCUT2D eigenvalue weighted by Crippen LogP contribution is -2.50. The number of carbonyl (C=O) groups excluding carboxylic acids is 1. The second-order valence-corrected chi connectivity index (χ2v) is 6.00. The molecule has 5 heteroatoms. The van der Waals surface area contributed by atoms with Crippen molar-refractivity contribution in [1.29, 1.82) is 0 Å². The first-order valence-electron chi connectivity index (χ1n) is 6.42. The molecule has 1 aliphatic rings. The van der Waals surface area contributed by atoms with E-state index in [4.69, 9.17) is 4.74 Å². The highest BCUT2D eigenvalue weighted by Crippen LogP contribution is 2.24. The predicted molar refractivity (Wildman–Crippen MR) is 79.2 cm³/mol. The van der Waals surface area contributed by atoms with E-state index in [0.717, 1.165) is 23.2 Å². The molecule has 0 unspecified atom stereocenters. The Bertz CT molecular complexity index is 449. The van der Waals surface area contributed by atoms with Crippen LogP contribution in [0.5, 0.6) is 0 Å². The van der Waals surface area contributed by atoms with E-state index in [1.54, 1.807) is 0 Å². The van der Waals surface area contributed by atoms with Gasteiger partial charge >= 0.3 is 0 Å². The fraction of sp³-hybridized carbons (Fsp3) is 0.500. The van der Waals surface area contributed by atoms with E-state index in [2.05, 4.69) is 33.5 Å². The maximum atomic E-state index is 11.9. The van der Waals surface area contributed by atoms with E-state index in [0.29, 0.717) is 6.54 Å². The van der Waals surface area contributed by atoms with Crippen LogP contribution >= 0.6 is 15.9 Å². The molecule has 1 saturated heterocycles. The van der Waals surface area contributed by atoms with Gasteiger partial charge in [-0.05, 0) is 44.5 Å². The summed E-state index contributed by atoms with van der Waals surface area (Å²) < 4.78 is 6.53. The molecule has 19 heavy (non-hydrogen) atoms. The van der Waals surface area contributed by atoms with Crippen LogP contribution < -0.4 is 10.6 Å². The fourth-order valence-corrected chi connectivity index (χ4v) is 2.35. The van der Waals surface area contributed by atoms with Crippen molar-refractivity contribution in [3.05, 3.63) is 28.7 Å². The first-order valence-corrected chi connectivity index (χ1v) is 7.21. The monoisotopic (exact) mass is 326 g/mol. The van der Waals surface area contributed by atoms with Gasteiger partial charge in [-0.15, -0.1) is 0 Å². The smallest absolute Gasteiger partial charge is 0.238 e. The molecule has 2 atom stereocenters. The first kappa shape index (κ1) is 14.5. The summed E-state index contributed by atoms with van der Waals surface area (Å²) in [5.41, 5.74) is 0.688. The summed E-state index contributed by atoms with van der Waals surface area (Å²) in [6.07, 6.45) is 1.06. The minimum Gasteiger partial charge on any atom is -0.377 e. The molecule has 104 valence electrons. The van der Waals surface area contributed by atoms with Crippen molar-refractivity contribution in [3.8, 4) is 0 Å². The number of amides is 1. The molecule has 1 fully saturated rings. The van der Waals surface area contributed by atoms with Gasteiger partial charge in [-0.1, -0.05) is 15.9 Å². The molecule has 2 N–H and O–H groups in total. The minimum absolute atomic E-state index is 0.0392. The summed E-state index contributed by atoms with van der Waals surface area (Å²) in [7, 11) is 0. The van der Waals surface area contributed by atoms with Gasteiger partial charge in [0, 0.05) is 22.3 Å². The second kappa shape index (κ2) is 6.03. The number of ether oxygens (including phenoxy) is 1. The van der Waals surface area contributed by atoms with Crippen molar-refractivity contribution >= 4 is 27.5 Å². The third-order valence-electron chi connectivity index (χ3n) is 3.67. The van der Waals surface area contributed by atoms with Crippen LogP contribution in [-0.2, 0) is 9.53 Å². The first-order chi connectivity index (χ1) is 8.99. The molecule has 0 radical (unpaired) electrons. The summed E-state index contributed by atoms with van der Waals surface area (Å²) in [4.78, 5) is 11.9. The summed E-state index contributed by atoms with van der Waals surface area (Å²) in [6.45, 7) is 5.17. The normalized spacial score (nSPS) is 26.4. The van der Waals surface area contributed by atoms with Gasteiger partial charge in [-0.2, -0.15) is 0 Å². The zero-order valence-electron chi connectivity index (χ0n) is 11.2. The van der Waals surface area contributed by atoms with Gasteiger partial charge in [-0.3, -0.25) is 4.79 Å². The van der Waals surface area contributed by atoms with E-state index in [1.165, 1.54) is 0 Å². The Balaban J connectivity index is 1.83. The van der Waals surface area contributed by atoms with Gasteiger partial charge in [0.1, 0.15) is 0 Å². The lowest BCUT2D eigenvalue weighted by molar-refractivity contribution is -0.115. The minimum atomic E-state index is -0.114. The standard InChI is InChI=1S/C14H19BrN2O2/c1-10-14(2,7-8-19-10)16-9-13(18)17-12-5-3-11(15)4-6-12/h3-6,10,16H,7-9H2,1-2H3,(H,17,18)/t10-,14+/m0/s1. The Morgan fingerprint density at radius 1 is 1.47 bits per heavy atom. The average Bonchev–Trinajstić information content (AvgIpc) is 2.71. The van der Waals surface area contributed by atoms with Crippen LogP contribution in [0.3, 0.4) is 0 Å². The van der Waals surface area contributed by atoms with Crippen LogP contribution in [0.1, 0.15) is 20.3 Å². The molecular formula is C14H19BrN2O2. The third-order valence-corrected chi connectivity index (χ3v) is 4.20. The number of hydrogen-bond donors (Lipinski definition) is 2. The highest BCUT2D eigenvalue weighted by Gasteiger charge is 2.36. The largest absolute Gasteiger partial charge is 0.377 e. The summed E-state index contributed by atoms with van der Waals surface area (Å²) in [5, 5.41) is 6.15. The molecule has 1 aliphatic heterocycles. The van der Waals surface area contributed by atoms with Crippen molar-refractivity contribution in [1.82, 2.24) is 5.32 Å². The van der Waals surface area contributed by atoms with Crippen molar-refractivity contribution < 1.29 is 9.53 Å². The molecule has 2 rings (SSSR count). The van der Waals surface area contributed by atoms with Gasteiger partial charge in [-0.25, -0.2) is 0 Å². The molecule has 0 saturated carbocycles. The molecule has 1 heterocycles. The highest BCUT2D eigenvalue weighted by molar-refractivity contribution is 9.10. The number of rotatable bonds is 4. The molecule has 1 aromatic rings. The van der Waals surface area contributed by atoms with Crippen molar-refractivity contribution in [2.24, 2.45) is 0 Å². The molecule has 0 bridgehead atoms. The molecule has 1 aromatic carbocycles. The number of halogens is 1. The quantitative estimate of drug-likeness (QED) is 0.894. The van der Waals surface area contributed by atoms with E-state index in [9.17, 15) is 4.79 Å². The molecule has 0 spiro atoms. The topological polar surface area (TPSA) is 50.4 Å². The average molecular weight is 327 g/mol. The Hall–Kier alpha value is -0.910. The Labute approximate surface area is 122 Å². The van der Waals surface area contributed by atoms with Crippen LogP contribution in [-0.4, -0.2) is 30.7 Å². The van der Waals surface area contributed by atoms with Crippen LogP contribution in [0, 0.1) is 0 Å². The Morgan fingerprint density at radius 2 is 2.16 bits per heavy atom. The summed E-state index contributed by atoms with van der Waals surface area (Å²) >= 11 is 3.36. The van der Waals surface area contributed by atoms with Crippen molar-refractivity contribution in [2.45, 2.75) is 31.9 Å². The number of benzene rings is 1. The molecule has 4 nitrogen and oxygen atoms in total. The van der Waals surface area contributed by atoms with Crippen molar-refractivity contribution in [3.63, 3.8) is 0 Å². The van der Waals surface area contributed by atoms with E-state index >= 15 is 0 Å². The van der Waals surface area contributed by atoms with Gasteiger partial charge in [0.25, 0.3) is 0 Å². The van der Waals surface area contributed by atoms with E-state index in [1.807, 2.05) is 31.2 Å². The summed E-state index contributed by atoms with van der Waals surface area (Å²) in [5.74, 6) is -0.0392. The van der Waals surface area contributed by atoms with E-state index in [-0.39, 0.29) is 17.6 Å². The zero-order valence-corrected chi connectivity index (χ0v) is 12.8. The van der Waals surface area contributed by atoms with Crippen LogP contribution in [0.25, 0.3) is 0 Å². The van der Waals surface area contributed by atoms with Crippen LogP contribution in [0.2, 0.25) is 0 Å². The zero-order chi connectivity index (χ0) is 13.9.